The third-order valence-corrected chi connectivity index (χ3v) is 4.49. The van der Waals surface area contributed by atoms with Crippen molar-refractivity contribution < 1.29 is 9.26 Å². The lowest BCUT2D eigenvalue weighted by atomic mass is 9.89. The number of hydrogen-bond donors (Lipinski definition) is 1. The number of ether oxygens (including phenoxy) is 1. The fourth-order valence-corrected chi connectivity index (χ4v) is 3.52. The van der Waals surface area contributed by atoms with Crippen molar-refractivity contribution in [3.8, 4) is 0 Å². The van der Waals surface area contributed by atoms with Gasteiger partial charge < -0.3 is 15.0 Å². The Morgan fingerprint density at radius 1 is 1.42 bits per heavy atom. The molecule has 0 radical (unpaired) electrons. The SMILES string of the molecule is CCCOCC(N)c1noc(C2CC3CCC2C3)n1. The van der Waals surface area contributed by atoms with Gasteiger partial charge in [0.2, 0.25) is 5.89 Å². The van der Waals surface area contributed by atoms with Gasteiger partial charge in [0.05, 0.1) is 12.6 Å². The first-order valence-electron chi connectivity index (χ1n) is 7.44. The Balaban J connectivity index is 1.60. The zero-order valence-corrected chi connectivity index (χ0v) is 11.5. The third kappa shape index (κ3) is 2.67. The van der Waals surface area contributed by atoms with Crippen LogP contribution in [-0.4, -0.2) is 23.4 Å². The predicted molar refractivity (Wildman–Crippen MR) is 70.5 cm³/mol. The quantitative estimate of drug-likeness (QED) is 0.799. The first-order valence-corrected chi connectivity index (χ1v) is 7.44. The minimum atomic E-state index is -0.275. The smallest absolute Gasteiger partial charge is 0.230 e. The largest absolute Gasteiger partial charge is 0.379 e. The Labute approximate surface area is 113 Å². The van der Waals surface area contributed by atoms with Crippen LogP contribution in [0.15, 0.2) is 4.52 Å². The highest BCUT2D eigenvalue weighted by Crippen LogP contribution is 2.52. The van der Waals surface area contributed by atoms with Crippen LogP contribution in [-0.2, 0) is 4.74 Å². The molecule has 2 aliphatic rings. The summed E-state index contributed by atoms with van der Waals surface area (Å²) in [5.41, 5.74) is 6.01. The monoisotopic (exact) mass is 265 g/mol. The van der Waals surface area contributed by atoms with E-state index >= 15 is 0 Å². The fraction of sp³-hybridized carbons (Fsp3) is 0.857. The standard InChI is InChI=1S/C14H23N3O2/c1-2-5-18-8-12(15)13-16-14(19-17-13)11-7-9-3-4-10(11)6-9/h9-12H,2-8,15H2,1H3. The molecule has 2 N–H and O–H groups in total. The van der Waals surface area contributed by atoms with Crippen LogP contribution in [0, 0.1) is 11.8 Å². The number of fused-ring (bicyclic) bond motifs is 2. The lowest BCUT2D eigenvalue weighted by molar-refractivity contribution is 0.119. The zero-order valence-electron chi connectivity index (χ0n) is 11.5. The van der Waals surface area contributed by atoms with E-state index in [0.717, 1.165) is 30.8 Å². The molecule has 2 bridgehead atoms. The number of rotatable bonds is 6. The van der Waals surface area contributed by atoms with Gasteiger partial charge in [-0.05, 0) is 37.5 Å². The maximum Gasteiger partial charge on any atom is 0.230 e. The molecule has 0 spiro atoms. The van der Waals surface area contributed by atoms with Crippen LogP contribution in [0.2, 0.25) is 0 Å². The second-order valence-electron chi connectivity index (χ2n) is 5.95. The molecule has 0 aliphatic heterocycles. The van der Waals surface area contributed by atoms with Crippen molar-refractivity contribution in [2.24, 2.45) is 17.6 Å². The number of aromatic nitrogens is 2. The highest BCUT2D eigenvalue weighted by atomic mass is 16.5. The minimum Gasteiger partial charge on any atom is -0.379 e. The molecule has 5 heteroatoms. The molecule has 0 amide bonds. The van der Waals surface area contributed by atoms with Crippen LogP contribution in [0.4, 0.5) is 0 Å². The minimum absolute atomic E-state index is 0.275. The average molecular weight is 265 g/mol. The molecule has 3 rings (SSSR count). The molecule has 0 saturated heterocycles. The molecule has 1 aromatic heterocycles. The molecule has 4 unspecified atom stereocenters. The van der Waals surface area contributed by atoms with Crippen LogP contribution in [0.3, 0.4) is 0 Å². The molecule has 4 atom stereocenters. The van der Waals surface area contributed by atoms with E-state index in [0.29, 0.717) is 18.3 Å². The maximum atomic E-state index is 6.01. The van der Waals surface area contributed by atoms with Crippen molar-refractivity contribution >= 4 is 0 Å². The second kappa shape index (κ2) is 5.59. The molecule has 1 heterocycles. The maximum absolute atomic E-state index is 6.01. The summed E-state index contributed by atoms with van der Waals surface area (Å²) in [6, 6.07) is -0.275. The van der Waals surface area contributed by atoms with Crippen molar-refractivity contribution in [3.05, 3.63) is 11.7 Å². The Hall–Kier alpha value is -0.940. The van der Waals surface area contributed by atoms with Gasteiger partial charge in [0, 0.05) is 12.5 Å². The van der Waals surface area contributed by atoms with E-state index in [1.165, 1.54) is 25.7 Å². The van der Waals surface area contributed by atoms with Crippen LogP contribution < -0.4 is 5.73 Å². The van der Waals surface area contributed by atoms with Crippen molar-refractivity contribution in [2.75, 3.05) is 13.2 Å². The third-order valence-electron chi connectivity index (χ3n) is 4.49. The van der Waals surface area contributed by atoms with E-state index in [9.17, 15) is 0 Å². The van der Waals surface area contributed by atoms with Gasteiger partial charge in [-0.15, -0.1) is 0 Å². The number of nitrogens with two attached hydrogens (primary N) is 1. The van der Waals surface area contributed by atoms with Gasteiger partial charge in [-0.3, -0.25) is 0 Å². The molecule has 106 valence electrons. The molecule has 2 aliphatic carbocycles. The molecule has 5 nitrogen and oxygen atoms in total. The molecular weight excluding hydrogens is 242 g/mol. The van der Waals surface area contributed by atoms with E-state index < -0.39 is 0 Å². The first-order chi connectivity index (χ1) is 9.28. The van der Waals surface area contributed by atoms with Crippen molar-refractivity contribution in [2.45, 2.75) is 51.0 Å². The summed E-state index contributed by atoms with van der Waals surface area (Å²) >= 11 is 0. The summed E-state index contributed by atoms with van der Waals surface area (Å²) < 4.78 is 10.9. The zero-order chi connectivity index (χ0) is 13.2. The average Bonchev–Trinajstić information content (AvgIpc) is 3.14. The van der Waals surface area contributed by atoms with E-state index in [1.807, 2.05) is 0 Å². The van der Waals surface area contributed by atoms with Gasteiger partial charge in [-0.2, -0.15) is 4.98 Å². The van der Waals surface area contributed by atoms with Crippen LogP contribution in [0.5, 0.6) is 0 Å². The molecule has 1 aromatic rings. The summed E-state index contributed by atoms with van der Waals surface area (Å²) in [5.74, 6) is 3.50. The van der Waals surface area contributed by atoms with Crippen LogP contribution in [0.1, 0.15) is 62.7 Å². The Bertz CT molecular complexity index is 421. The lowest BCUT2D eigenvalue weighted by Gasteiger charge is -2.17. The van der Waals surface area contributed by atoms with Gasteiger partial charge in [-0.1, -0.05) is 18.5 Å². The van der Waals surface area contributed by atoms with Crippen LogP contribution in [0.25, 0.3) is 0 Å². The second-order valence-corrected chi connectivity index (χ2v) is 5.95. The van der Waals surface area contributed by atoms with Gasteiger partial charge in [-0.25, -0.2) is 0 Å². The Morgan fingerprint density at radius 3 is 3.00 bits per heavy atom. The summed E-state index contributed by atoms with van der Waals surface area (Å²) in [4.78, 5) is 4.51. The molecule has 2 saturated carbocycles. The summed E-state index contributed by atoms with van der Waals surface area (Å²) in [5, 5.41) is 4.03. The van der Waals surface area contributed by atoms with E-state index in [-0.39, 0.29) is 6.04 Å². The molecule has 0 aromatic carbocycles. The molecular formula is C14H23N3O2. The predicted octanol–water partition coefficient (Wildman–Crippen LogP) is 2.40. The Morgan fingerprint density at radius 2 is 2.32 bits per heavy atom. The van der Waals surface area contributed by atoms with Gasteiger partial charge in [0.15, 0.2) is 5.82 Å². The summed E-state index contributed by atoms with van der Waals surface area (Å²) in [6.07, 6.45) is 6.25. The van der Waals surface area contributed by atoms with Crippen molar-refractivity contribution in [3.63, 3.8) is 0 Å². The topological polar surface area (TPSA) is 74.2 Å². The summed E-state index contributed by atoms with van der Waals surface area (Å²) in [7, 11) is 0. The van der Waals surface area contributed by atoms with Gasteiger partial charge >= 0.3 is 0 Å². The highest BCUT2D eigenvalue weighted by molar-refractivity contribution is 5.06. The molecule has 19 heavy (non-hydrogen) atoms. The van der Waals surface area contributed by atoms with E-state index in [2.05, 4.69) is 17.1 Å². The van der Waals surface area contributed by atoms with Crippen LogP contribution >= 0.6 is 0 Å². The van der Waals surface area contributed by atoms with Crippen molar-refractivity contribution in [1.29, 1.82) is 0 Å². The number of hydrogen-bond acceptors (Lipinski definition) is 5. The first kappa shape index (κ1) is 13.1. The highest BCUT2D eigenvalue weighted by Gasteiger charge is 2.43. The molecule has 2 fully saturated rings. The lowest BCUT2D eigenvalue weighted by Crippen LogP contribution is -2.19. The number of nitrogens with zero attached hydrogens (tertiary/aromatic N) is 2. The van der Waals surface area contributed by atoms with Gasteiger partial charge in [0.25, 0.3) is 0 Å². The van der Waals surface area contributed by atoms with E-state index in [4.69, 9.17) is 15.0 Å². The normalized spacial score (nSPS) is 30.9. The van der Waals surface area contributed by atoms with Gasteiger partial charge in [0.1, 0.15) is 0 Å². The Kier molecular flexibility index (Phi) is 3.84. The van der Waals surface area contributed by atoms with Crippen molar-refractivity contribution in [1.82, 2.24) is 10.1 Å². The fourth-order valence-electron chi connectivity index (χ4n) is 3.52. The van der Waals surface area contributed by atoms with E-state index in [1.54, 1.807) is 0 Å². The summed E-state index contributed by atoms with van der Waals surface area (Å²) in [6.45, 7) is 3.27.